The van der Waals surface area contributed by atoms with Gasteiger partial charge in [0.15, 0.2) is 0 Å². The average Bonchev–Trinajstić information content (AvgIpc) is 2.78. The van der Waals surface area contributed by atoms with E-state index >= 15 is 0 Å². The van der Waals surface area contributed by atoms with Crippen LogP contribution in [0.3, 0.4) is 0 Å². The second kappa shape index (κ2) is 4.97. The summed E-state index contributed by atoms with van der Waals surface area (Å²) in [5.41, 5.74) is 8.01. The third-order valence-electron chi connectivity index (χ3n) is 2.14. The highest BCUT2D eigenvalue weighted by Crippen LogP contribution is 2.23. The first kappa shape index (κ1) is 11.6. The summed E-state index contributed by atoms with van der Waals surface area (Å²) in [4.78, 5) is 15.7. The SMILES string of the molecule is CCOC(=O)c1nc(-c2cccc(N)c2)cs1. The number of carbonyl (C=O) groups is 1. The van der Waals surface area contributed by atoms with Crippen LogP contribution in [0.25, 0.3) is 11.3 Å². The molecule has 0 aliphatic heterocycles. The Morgan fingerprint density at radius 2 is 2.35 bits per heavy atom. The molecule has 88 valence electrons. The Labute approximate surface area is 103 Å². The van der Waals surface area contributed by atoms with Crippen molar-refractivity contribution in [2.24, 2.45) is 0 Å². The Morgan fingerprint density at radius 3 is 3.06 bits per heavy atom. The predicted octanol–water partition coefficient (Wildman–Crippen LogP) is 2.57. The summed E-state index contributed by atoms with van der Waals surface area (Å²) in [5.74, 6) is -0.382. The van der Waals surface area contributed by atoms with Gasteiger partial charge in [-0.25, -0.2) is 9.78 Å². The molecule has 0 bridgehead atoms. The summed E-state index contributed by atoms with van der Waals surface area (Å²) in [6, 6.07) is 7.39. The smallest absolute Gasteiger partial charge is 0.367 e. The van der Waals surface area contributed by atoms with Gasteiger partial charge in [0.05, 0.1) is 12.3 Å². The van der Waals surface area contributed by atoms with Crippen LogP contribution in [0, 0.1) is 0 Å². The van der Waals surface area contributed by atoms with Crippen molar-refractivity contribution < 1.29 is 9.53 Å². The summed E-state index contributed by atoms with van der Waals surface area (Å²) in [6.45, 7) is 2.12. The van der Waals surface area contributed by atoms with Gasteiger partial charge >= 0.3 is 5.97 Å². The van der Waals surface area contributed by atoms with E-state index in [1.807, 2.05) is 29.6 Å². The van der Waals surface area contributed by atoms with Crippen LogP contribution in [0.15, 0.2) is 29.6 Å². The second-order valence-corrected chi connectivity index (χ2v) is 4.24. The highest BCUT2D eigenvalue weighted by atomic mass is 32.1. The fourth-order valence-electron chi connectivity index (χ4n) is 1.39. The molecule has 2 aromatic rings. The quantitative estimate of drug-likeness (QED) is 0.669. The Morgan fingerprint density at radius 1 is 1.53 bits per heavy atom. The van der Waals surface area contributed by atoms with Gasteiger partial charge in [-0.05, 0) is 19.1 Å². The monoisotopic (exact) mass is 248 g/mol. The molecule has 0 radical (unpaired) electrons. The number of carbonyl (C=O) groups excluding carboxylic acids is 1. The largest absolute Gasteiger partial charge is 0.461 e. The van der Waals surface area contributed by atoms with Crippen LogP contribution in [0.1, 0.15) is 16.7 Å². The maximum Gasteiger partial charge on any atom is 0.367 e. The molecule has 0 amide bonds. The van der Waals surface area contributed by atoms with E-state index in [0.29, 0.717) is 17.3 Å². The molecule has 0 saturated carbocycles. The van der Waals surface area contributed by atoms with Gasteiger partial charge in [-0.3, -0.25) is 0 Å². The van der Waals surface area contributed by atoms with Crippen LogP contribution in [0.5, 0.6) is 0 Å². The highest BCUT2D eigenvalue weighted by Gasteiger charge is 2.12. The number of benzene rings is 1. The van der Waals surface area contributed by atoms with Gasteiger partial charge in [0.2, 0.25) is 5.01 Å². The molecular weight excluding hydrogens is 236 g/mol. The number of aromatic nitrogens is 1. The molecule has 0 spiro atoms. The topological polar surface area (TPSA) is 65.2 Å². The van der Waals surface area contributed by atoms with E-state index in [1.54, 1.807) is 6.92 Å². The second-order valence-electron chi connectivity index (χ2n) is 3.38. The lowest BCUT2D eigenvalue weighted by atomic mass is 10.1. The van der Waals surface area contributed by atoms with E-state index in [9.17, 15) is 4.79 Å². The molecule has 4 nitrogen and oxygen atoms in total. The number of nitrogens with two attached hydrogens (primary N) is 1. The van der Waals surface area contributed by atoms with Crippen molar-refractivity contribution in [3.8, 4) is 11.3 Å². The van der Waals surface area contributed by atoms with Crippen LogP contribution in [0.2, 0.25) is 0 Å². The van der Waals surface area contributed by atoms with E-state index in [1.165, 1.54) is 11.3 Å². The van der Waals surface area contributed by atoms with Gasteiger partial charge in [0.25, 0.3) is 0 Å². The molecule has 2 rings (SSSR count). The number of nitrogen functional groups attached to an aromatic ring is 1. The fraction of sp³-hybridized carbons (Fsp3) is 0.167. The highest BCUT2D eigenvalue weighted by molar-refractivity contribution is 7.11. The molecule has 5 heteroatoms. The van der Waals surface area contributed by atoms with Gasteiger partial charge in [-0.2, -0.15) is 0 Å². The maximum atomic E-state index is 11.5. The third-order valence-corrected chi connectivity index (χ3v) is 2.96. The molecule has 0 saturated heterocycles. The summed E-state index contributed by atoms with van der Waals surface area (Å²) in [6.07, 6.45) is 0. The Kier molecular flexibility index (Phi) is 3.39. The van der Waals surface area contributed by atoms with Crippen molar-refractivity contribution >= 4 is 23.0 Å². The number of ether oxygens (including phenoxy) is 1. The first-order valence-electron chi connectivity index (χ1n) is 5.19. The molecule has 0 unspecified atom stereocenters. The molecule has 0 atom stereocenters. The molecule has 2 N–H and O–H groups in total. The molecule has 0 aliphatic carbocycles. The Balaban J connectivity index is 2.27. The van der Waals surface area contributed by atoms with Gasteiger partial charge in [-0.1, -0.05) is 12.1 Å². The van der Waals surface area contributed by atoms with Crippen molar-refractivity contribution in [3.05, 3.63) is 34.7 Å². The fourth-order valence-corrected chi connectivity index (χ4v) is 2.11. The number of nitrogens with zero attached hydrogens (tertiary/aromatic N) is 1. The lowest BCUT2D eigenvalue weighted by molar-refractivity contribution is 0.0526. The number of anilines is 1. The number of thiazole rings is 1. The summed E-state index contributed by atoms with van der Waals surface area (Å²) in [5, 5.41) is 2.19. The maximum absolute atomic E-state index is 11.5. The number of esters is 1. The zero-order valence-electron chi connectivity index (χ0n) is 9.34. The van der Waals surface area contributed by atoms with Gasteiger partial charge < -0.3 is 10.5 Å². The molecule has 0 fully saturated rings. The molecule has 0 aliphatic rings. The van der Waals surface area contributed by atoms with Crippen LogP contribution < -0.4 is 5.73 Å². The first-order valence-corrected chi connectivity index (χ1v) is 6.07. The van der Waals surface area contributed by atoms with E-state index in [4.69, 9.17) is 10.5 Å². The minimum Gasteiger partial charge on any atom is -0.461 e. The van der Waals surface area contributed by atoms with Crippen LogP contribution in [-0.4, -0.2) is 17.6 Å². The molecule has 1 aromatic carbocycles. The summed E-state index contributed by atoms with van der Waals surface area (Å²) >= 11 is 1.27. The van der Waals surface area contributed by atoms with Crippen molar-refractivity contribution in [3.63, 3.8) is 0 Å². The van der Waals surface area contributed by atoms with Gasteiger partial charge in [0, 0.05) is 16.6 Å². The van der Waals surface area contributed by atoms with Crippen molar-refractivity contribution in [2.45, 2.75) is 6.92 Å². The van der Waals surface area contributed by atoms with Crippen molar-refractivity contribution in [2.75, 3.05) is 12.3 Å². The van der Waals surface area contributed by atoms with E-state index in [2.05, 4.69) is 4.98 Å². The molecule has 17 heavy (non-hydrogen) atoms. The first-order chi connectivity index (χ1) is 8.20. The van der Waals surface area contributed by atoms with Crippen molar-refractivity contribution in [1.29, 1.82) is 0 Å². The minimum atomic E-state index is -0.382. The van der Waals surface area contributed by atoms with Gasteiger partial charge in [-0.15, -0.1) is 11.3 Å². The Hall–Kier alpha value is -1.88. The van der Waals surface area contributed by atoms with Crippen LogP contribution in [0.4, 0.5) is 5.69 Å². The number of hydrogen-bond acceptors (Lipinski definition) is 5. The predicted molar refractivity (Wildman–Crippen MR) is 67.9 cm³/mol. The van der Waals surface area contributed by atoms with Crippen LogP contribution >= 0.6 is 11.3 Å². The standard InChI is InChI=1S/C12H12N2O2S/c1-2-16-12(15)11-14-10(7-17-11)8-4-3-5-9(13)6-8/h3-7H,2,13H2,1H3. The number of hydrogen-bond donors (Lipinski definition) is 1. The van der Waals surface area contributed by atoms with Crippen LogP contribution in [-0.2, 0) is 4.74 Å². The molecule has 1 heterocycles. The Bertz CT molecular complexity index is 537. The molecule has 1 aromatic heterocycles. The third kappa shape index (κ3) is 2.62. The molecular formula is C12H12N2O2S. The minimum absolute atomic E-state index is 0.353. The van der Waals surface area contributed by atoms with E-state index in [0.717, 1.165) is 11.3 Å². The van der Waals surface area contributed by atoms with E-state index in [-0.39, 0.29) is 5.97 Å². The van der Waals surface area contributed by atoms with Crippen molar-refractivity contribution in [1.82, 2.24) is 4.98 Å². The van der Waals surface area contributed by atoms with E-state index < -0.39 is 0 Å². The van der Waals surface area contributed by atoms with Gasteiger partial charge in [0.1, 0.15) is 0 Å². The lowest BCUT2D eigenvalue weighted by Crippen LogP contribution is -2.03. The average molecular weight is 248 g/mol. The zero-order chi connectivity index (χ0) is 12.3. The zero-order valence-corrected chi connectivity index (χ0v) is 10.2. The summed E-state index contributed by atoms with van der Waals surface area (Å²) < 4.78 is 4.89. The normalized spacial score (nSPS) is 10.2. The number of rotatable bonds is 3. The lowest BCUT2D eigenvalue weighted by Gasteiger charge is -1.98. The summed E-state index contributed by atoms with van der Waals surface area (Å²) in [7, 11) is 0.